The van der Waals surface area contributed by atoms with Crippen molar-refractivity contribution in [1.82, 2.24) is 15.1 Å². The van der Waals surface area contributed by atoms with Crippen LogP contribution in [0.5, 0.6) is 5.75 Å². The topological polar surface area (TPSA) is 70.9 Å². The predicted molar refractivity (Wildman–Crippen MR) is 99.6 cm³/mol. The highest BCUT2D eigenvalue weighted by Gasteiger charge is 2.29. The van der Waals surface area contributed by atoms with Crippen LogP contribution in [-0.4, -0.2) is 66.6 Å². The summed E-state index contributed by atoms with van der Waals surface area (Å²) in [5.41, 5.74) is 1.04. The second-order valence-electron chi connectivity index (χ2n) is 6.45. The van der Waals surface area contributed by atoms with Crippen molar-refractivity contribution in [2.75, 3.05) is 45.9 Å². The summed E-state index contributed by atoms with van der Waals surface area (Å²) in [6, 6.07) is 5.49. The molecule has 2 aliphatic rings. The smallest absolute Gasteiger partial charge is 0.270 e. The van der Waals surface area contributed by atoms with E-state index < -0.39 is 0 Å². The highest BCUT2D eigenvalue weighted by Crippen LogP contribution is 2.27. The van der Waals surface area contributed by atoms with E-state index >= 15 is 0 Å². The van der Waals surface area contributed by atoms with Crippen LogP contribution in [0.15, 0.2) is 18.2 Å². The van der Waals surface area contributed by atoms with E-state index in [1.807, 2.05) is 6.92 Å². The van der Waals surface area contributed by atoms with Crippen molar-refractivity contribution >= 4 is 18.1 Å². The van der Waals surface area contributed by atoms with Crippen LogP contribution >= 0.6 is 12.4 Å². The SMILES string of the molecule is CCOc1ccc([N+](=O)[O-])cc1CN1CCC(N2CCNCC2)C1.Cl. The van der Waals surface area contributed by atoms with E-state index in [2.05, 4.69) is 15.1 Å². The first-order valence-electron chi connectivity index (χ1n) is 8.74. The van der Waals surface area contributed by atoms with Crippen LogP contribution in [0.4, 0.5) is 5.69 Å². The molecule has 1 atom stereocenters. The Balaban J connectivity index is 0.00000225. The van der Waals surface area contributed by atoms with Crippen LogP contribution in [0.2, 0.25) is 0 Å². The van der Waals surface area contributed by atoms with E-state index in [1.165, 1.54) is 12.5 Å². The molecule has 0 spiro atoms. The summed E-state index contributed by atoms with van der Waals surface area (Å²) in [5, 5.41) is 14.4. The Morgan fingerprint density at radius 3 is 2.76 bits per heavy atom. The molecule has 0 amide bonds. The minimum Gasteiger partial charge on any atom is -0.494 e. The number of benzene rings is 1. The molecule has 140 valence electrons. The molecule has 2 aliphatic heterocycles. The van der Waals surface area contributed by atoms with Gasteiger partial charge < -0.3 is 10.1 Å². The number of hydrogen-bond donors (Lipinski definition) is 1. The standard InChI is InChI=1S/C17H26N4O3.ClH/c1-2-24-17-4-3-15(21(22)23)11-14(17)12-19-8-5-16(13-19)20-9-6-18-7-10-20;/h3-4,11,16,18H,2,5-10,12-13H2,1H3;1H. The molecular weight excluding hydrogens is 344 g/mol. The second-order valence-corrected chi connectivity index (χ2v) is 6.45. The molecule has 25 heavy (non-hydrogen) atoms. The van der Waals surface area contributed by atoms with Crippen molar-refractivity contribution in [1.29, 1.82) is 0 Å². The van der Waals surface area contributed by atoms with E-state index in [9.17, 15) is 10.1 Å². The molecule has 1 unspecified atom stereocenters. The third kappa shape index (κ3) is 5.04. The summed E-state index contributed by atoms with van der Waals surface area (Å²) >= 11 is 0. The predicted octanol–water partition coefficient (Wildman–Crippen LogP) is 1.89. The number of nitrogens with zero attached hydrogens (tertiary/aromatic N) is 3. The van der Waals surface area contributed by atoms with Gasteiger partial charge in [0.1, 0.15) is 5.75 Å². The normalized spacial score (nSPS) is 21.7. The molecule has 1 aromatic carbocycles. The van der Waals surface area contributed by atoms with Gasteiger partial charge >= 0.3 is 0 Å². The largest absolute Gasteiger partial charge is 0.494 e. The van der Waals surface area contributed by atoms with Gasteiger partial charge in [0.15, 0.2) is 0 Å². The minimum absolute atomic E-state index is 0. The van der Waals surface area contributed by atoms with Crippen LogP contribution in [0, 0.1) is 10.1 Å². The lowest BCUT2D eigenvalue weighted by atomic mass is 10.1. The molecule has 0 radical (unpaired) electrons. The molecule has 3 rings (SSSR count). The Hall–Kier alpha value is -1.41. The van der Waals surface area contributed by atoms with Crippen LogP contribution in [0.25, 0.3) is 0 Å². The van der Waals surface area contributed by atoms with E-state index in [4.69, 9.17) is 4.74 Å². The first kappa shape index (κ1) is 19.9. The summed E-state index contributed by atoms with van der Waals surface area (Å²) in [6.45, 7) is 9.61. The van der Waals surface area contributed by atoms with Gasteiger partial charge in [-0.15, -0.1) is 12.4 Å². The van der Waals surface area contributed by atoms with E-state index in [1.54, 1.807) is 12.1 Å². The maximum Gasteiger partial charge on any atom is 0.270 e. The zero-order valence-electron chi connectivity index (χ0n) is 14.6. The summed E-state index contributed by atoms with van der Waals surface area (Å²) in [4.78, 5) is 15.7. The van der Waals surface area contributed by atoms with Gasteiger partial charge in [0.05, 0.1) is 11.5 Å². The average Bonchev–Trinajstić information content (AvgIpc) is 3.06. The number of nitrogens with one attached hydrogen (secondary N) is 1. The number of nitro benzene ring substituents is 1. The summed E-state index contributed by atoms with van der Waals surface area (Å²) < 4.78 is 5.66. The number of halogens is 1. The first-order chi connectivity index (χ1) is 11.7. The van der Waals surface area contributed by atoms with Crippen molar-refractivity contribution in [2.45, 2.75) is 25.9 Å². The van der Waals surface area contributed by atoms with Crippen LogP contribution in [0.1, 0.15) is 18.9 Å². The van der Waals surface area contributed by atoms with Gasteiger partial charge in [-0.2, -0.15) is 0 Å². The first-order valence-corrected chi connectivity index (χ1v) is 8.74. The molecule has 2 saturated heterocycles. The van der Waals surface area contributed by atoms with E-state index in [0.717, 1.165) is 50.6 Å². The Bertz CT molecular complexity index is 581. The molecule has 1 N–H and O–H groups in total. The Labute approximate surface area is 154 Å². The Morgan fingerprint density at radius 2 is 2.08 bits per heavy atom. The number of non-ortho nitro benzene ring substituents is 1. The average molecular weight is 371 g/mol. The van der Waals surface area contributed by atoms with Gasteiger partial charge in [-0.3, -0.25) is 19.9 Å². The number of hydrogen-bond acceptors (Lipinski definition) is 6. The molecule has 0 bridgehead atoms. The van der Waals surface area contributed by atoms with Crippen molar-refractivity contribution in [3.63, 3.8) is 0 Å². The monoisotopic (exact) mass is 370 g/mol. The van der Waals surface area contributed by atoms with Gasteiger partial charge in [0, 0.05) is 69.6 Å². The van der Waals surface area contributed by atoms with Crippen LogP contribution in [0.3, 0.4) is 0 Å². The summed E-state index contributed by atoms with van der Waals surface area (Å²) in [6.07, 6.45) is 1.17. The quantitative estimate of drug-likeness (QED) is 0.609. The van der Waals surface area contributed by atoms with E-state index in [0.29, 0.717) is 19.2 Å². The highest BCUT2D eigenvalue weighted by atomic mass is 35.5. The van der Waals surface area contributed by atoms with Crippen molar-refractivity contribution in [3.05, 3.63) is 33.9 Å². The number of likely N-dealkylation sites (tertiary alicyclic amines) is 1. The fourth-order valence-corrected chi connectivity index (χ4v) is 3.64. The summed E-state index contributed by atoms with van der Waals surface area (Å²) in [7, 11) is 0. The minimum atomic E-state index is -0.341. The highest BCUT2D eigenvalue weighted by molar-refractivity contribution is 5.85. The molecule has 7 nitrogen and oxygen atoms in total. The summed E-state index contributed by atoms with van der Waals surface area (Å²) in [5.74, 6) is 0.758. The molecule has 0 aromatic heterocycles. The molecule has 0 saturated carbocycles. The maximum absolute atomic E-state index is 11.1. The zero-order chi connectivity index (χ0) is 16.9. The fraction of sp³-hybridized carbons (Fsp3) is 0.647. The third-order valence-electron chi connectivity index (χ3n) is 4.86. The number of rotatable bonds is 6. The van der Waals surface area contributed by atoms with E-state index in [-0.39, 0.29) is 23.0 Å². The Kier molecular flexibility index (Phi) is 7.43. The third-order valence-corrected chi connectivity index (χ3v) is 4.86. The lowest BCUT2D eigenvalue weighted by Crippen LogP contribution is -2.49. The second kappa shape index (κ2) is 9.33. The number of ether oxygens (including phenoxy) is 1. The fourth-order valence-electron chi connectivity index (χ4n) is 3.64. The maximum atomic E-state index is 11.1. The molecule has 8 heteroatoms. The molecule has 0 aliphatic carbocycles. The molecule has 2 fully saturated rings. The van der Waals surface area contributed by atoms with Gasteiger partial charge in [-0.05, 0) is 19.4 Å². The van der Waals surface area contributed by atoms with Gasteiger partial charge in [0.2, 0.25) is 0 Å². The Morgan fingerprint density at radius 1 is 1.32 bits per heavy atom. The van der Waals surface area contributed by atoms with Crippen LogP contribution < -0.4 is 10.1 Å². The van der Waals surface area contributed by atoms with Crippen molar-refractivity contribution in [3.8, 4) is 5.75 Å². The van der Waals surface area contributed by atoms with Crippen molar-refractivity contribution < 1.29 is 9.66 Å². The number of nitro groups is 1. The van der Waals surface area contributed by atoms with Crippen LogP contribution in [-0.2, 0) is 6.54 Å². The van der Waals surface area contributed by atoms with Gasteiger partial charge in [-0.1, -0.05) is 0 Å². The lowest BCUT2D eigenvalue weighted by molar-refractivity contribution is -0.385. The van der Waals surface area contributed by atoms with Gasteiger partial charge in [0.25, 0.3) is 5.69 Å². The van der Waals surface area contributed by atoms with Gasteiger partial charge in [-0.25, -0.2) is 0 Å². The molecular formula is C17H27ClN4O3. The number of piperazine rings is 1. The molecule has 1 aromatic rings. The van der Waals surface area contributed by atoms with Crippen molar-refractivity contribution in [2.24, 2.45) is 0 Å². The lowest BCUT2D eigenvalue weighted by Gasteiger charge is -2.32. The zero-order valence-corrected chi connectivity index (χ0v) is 15.5. The molecule has 2 heterocycles.